The first-order valence-corrected chi connectivity index (χ1v) is 10.9. The average molecular weight is 515 g/mol. The van der Waals surface area contributed by atoms with E-state index in [1.807, 2.05) is 36.4 Å². The van der Waals surface area contributed by atoms with Crippen LogP contribution in [0.3, 0.4) is 0 Å². The Morgan fingerprint density at radius 2 is 1.97 bits per heavy atom. The highest BCUT2D eigenvalue weighted by molar-refractivity contribution is 9.10. The summed E-state index contributed by atoms with van der Waals surface area (Å²) >= 11 is 9.49. The van der Waals surface area contributed by atoms with Crippen LogP contribution in [-0.4, -0.2) is 15.7 Å². The van der Waals surface area contributed by atoms with Gasteiger partial charge in [0.1, 0.15) is 18.2 Å². The Kier molecular flexibility index (Phi) is 6.87. The molecule has 1 heterocycles. The lowest BCUT2D eigenvalue weighted by Crippen LogP contribution is -2.12. The molecule has 0 saturated heterocycles. The van der Waals surface area contributed by atoms with Crippen molar-refractivity contribution in [3.63, 3.8) is 0 Å². The zero-order valence-electron chi connectivity index (χ0n) is 16.8. The maximum Gasteiger partial charge on any atom is 0.255 e. The van der Waals surface area contributed by atoms with Crippen LogP contribution >= 0.6 is 27.5 Å². The molecule has 0 saturated carbocycles. The second kappa shape index (κ2) is 9.97. The maximum atomic E-state index is 13.2. The van der Waals surface area contributed by atoms with Gasteiger partial charge in [0.05, 0.1) is 18.4 Å². The number of hydrogen-bond acceptors (Lipinski definition) is 3. The van der Waals surface area contributed by atoms with E-state index in [1.165, 1.54) is 12.1 Å². The van der Waals surface area contributed by atoms with Gasteiger partial charge in [-0.1, -0.05) is 51.8 Å². The standard InChI is InChI=1S/C24H18BrClFN3O2/c25-19-5-2-6-22(10-19)32-15-16-3-1-4-17(9-16)24(31)29-21-12-28-30(14-21)13-18-7-8-20(27)11-23(18)26/h1-12,14H,13,15H2,(H,29,31). The van der Waals surface area contributed by atoms with E-state index in [0.717, 1.165) is 21.3 Å². The van der Waals surface area contributed by atoms with Gasteiger partial charge >= 0.3 is 0 Å². The van der Waals surface area contributed by atoms with Crippen molar-refractivity contribution in [3.8, 4) is 5.75 Å². The number of nitrogens with one attached hydrogen (secondary N) is 1. The first-order valence-electron chi connectivity index (χ1n) is 9.71. The van der Waals surface area contributed by atoms with E-state index in [2.05, 4.69) is 26.3 Å². The van der Waals surface area contributed by atoms with Crippen LogP contribution in [0.25, 0.3) is 0 Å². The summed E-state index contributed by atoms with van der Waals surface area (Å²) < 4.78 is 21.6. The van der Waals surface area contributed by atoms with Crippen LogP contribution in [0.4, 0.5) is 10.1 Å². The van der Waals surface area contributed by atoms with Crippen LogP contribution in [0, 0.1) is 5.82 Å². The molecule has 4 rings (SSSR count). The van der Waals surface area contributed by atoms with Crippen molar-refractivity contribution in [2.45, 2.75) is 13.2 Å². The van der Waals surface area contributed by atoms with E-state index in [-0.39, 0.29) is 5.91 Å². The number of aromatic nitrogens is 2. The predicted molar refractivity (Wildman–Crippen MR) is 126 cm³/mol. The molecule has 0 aliphatic rings. The third kappa shape index (κ3) is 5.75. The number of halogens is 3. The number of nitrogens with zero attached hydrogens (tertiary/aromatic N) is 2. The monoisotopic (exact) mass is 513 g/mol. The second-order valence-electron chi connectivity index (χ2n) is 7.06. The summed E-state index contributed by atoms with van der Waals surface area (Å²) in [6.45, 7) is 0.700. The largest absolute Gasteiger partial charge is 0.489 e. The number of carbonyl (C=O) groups is 1. The van der Waals surface area contributed by atoms with Crippen molar-refractivity contribution in [2.75, 3.05) is 5.32 Å². The molecule has 0 bridgehead atoms. The molecule has 8 heteroatoms. The lowest BCUT2D eigenvalue weighted by molar-refractivity contribution is 0.102. The van der Waals surface area contributed by atoms with Gasteiger partial charge in [0.2, 0.25) is 0 Å². The summed E-state index contributed by atoms with van der Waals surface area (Å²) in [5.41, 5.74) is 2.66. The topological polar surface area (TPSA) is 56.2 Å². The molecule has 0 spiro atoms. The van der Waals surface area contributed by atoms with Gasteiger partial charge in [-0.15, -0.1) is 0 Å². The van der Waals surface area contributed by atoms with E-state index in [4.69, 9.17) is 16.3 Å². The van der Waals surface area contributed by atoms with Crippen LogP contribution in [0.15, 0.2) is 83.6 Å². The normalized spacial score (nSPS) is 10.7. The Balaban J connectivity index is 1.38. The third-order valence-corrected chi connectivity index (χ3v) is 5.47. The second-order valence-corrected chi connectivity index (χ2v) is 8.39. The van der Waals surface area contributed by atoms with Crippen LogP contribution in [-0.2, 0) is 13.2 Å². The maximum absolute atomic E-state index is 13.2. The molecule has 0 aliphatic heterocycles. The van der Waals surface area contributed by atoms with Crippen molar-refractivity contribution >= 4 is 39.1 Å². The van der Waals surface area contributed by atoms with Crippen LogP contribution in [0.2, 0.25) is 5.02 Å². The highest BCUT2D eigenvalue weighted by atomic mass is 79.9. The molecule has 0 unspecified atom stereocenters. The molecule has 0 atom stereocenters. The van der Waals surface area contributed by atoms with Gasteiger partial charge in [-0.25, -0.2) is 4.39 Å². The van der Waals surface area contributed by atoms with Crippen LogP contribution in [0.5, 0.6) is 5.75 Å². The molecule has 0 fully saturated rings. The number of anilines is 1. The van der Waals surface area contributed by atoms with Gasteiger partial charge in [0.15, 0.2) is 0 Å². The van der Waals surface area contributed by atoms with Gasteiger partial charge in [-0.3, -0.25) is 9.48 Å². The Bertz CT molecular complexity index is 1260. The number of ether oxygens (including phenoxy) is 1. The van der Waals surface area contributed by atoms with E-state index in [1.54, 1.807) is 35.3 Å². The highest BCUT2D eigenvalue weighted by Crippen LogP contribution is 2.20. The number of hydrogen-bond donors (Lipinski definition) is 1. The van der Waals surface area contributed by atoms with E-state index >= 15 is 0 Å². The predicted octanol–water partition coefficient (Wildman–Crippen LogP) is 6.32. The Labute approximate surface area is 197 Å². The van der Waals surface area contributed by atoms with Gasteiger partial charge in [0, 0.05) is 21.3 Å². The molecule has 1 amide bonds. The minimum atomic E-state index is -0.392. The summed E-state index contributed by atoms with van der Waals surface area (Å²) in [5.74, 6) is 0.0907. The van der Waals surface area contributed by atoms with Crippen molar-refractivity contribution in [1.29, 1.82) is 0 Å². The van der Waals surface area contributed by atoms with E-state index < -0.39 is 5.82 Å². The smallest absolute Gasteiger partial charge is 0.255 e. The molecule has 0 aliphatic carbocycles. The molecule has 32 heavy (non-hydrogen) atoms. The summed E-state index contributed by atoms with van der Waals surface area (Å²) in [6, 6.07) is 19.0. The number of benzene rings is 3. The average Bonchev–Trinajstić information content (AvgIpc) is 3.21. The number of amides is 1. The fourth-order valence-electron chi connectivity index (χ4n) is 3.07. The fraction of sp³-hybridized carbons (Fsp3) is 0.0833. The fourth-order valence-corrected chi connectivity index (χ4v) is 3.67. The van der Waals surface area contributed by atoms with Crippen molar-refractivity contribution < 1.29 is 13.9 Å². The minimum absolute atomic E-state index is 0.256. The lowest BCUT2D eigenvalue weighted by Gasteiger charge is -2.08. The van der Waals surface area contributed by atoms with E-state index in [0.29, 0.717) is 29.4 Å². The first-order chi connectivity index (χ1) is 15.5. The lowest BCUT2D eigenvalue weighted by atomic mass is 10.1. The minimum Gasteiger partial charge on any atom is -0.489 e. The SMILES string of the molecule is O=C(Nc1cnn(Cc2ccc(F)cc2Cl)c1)c1cccc(COc2cccc(Br)c2)c1. The van der Waals surface area contributed by atoms with Crippen LogP contribution < -0.4 is 10.1 Å². The Morgan fingerprint density at radius 3 is 2.78 bits per heavy atom. The molecule has 0 radical (unpaired) electrons. The zero-order chi connectivity index (χ0) is 22.5. The molecule has 1 aromatic heterocycles. The first kappa shape index (κ1) is 22.0. The number of rotatable bonds is 7. The summed E-state index contributed by atoms with van der Waals surface area (Å²) in [5, 5.41) is 7.40. The van der Waals surface area contributed by atoms with Crippen molar-refractivity contribution in [2.24, 2.45) is 0 Å². The van der Waals surface area contributed by atoms with Crippen molar-refractivity contribution in [3.05, 3.63) is 111 Å². The Morgan fingerprint density at radius 1 is 1.12 bits per heavy atom. The molecular formula is C24H18BrClFN3O2. The summed E-state index contributed by atoms with van der Waals surface area (Å²) in [7, 11) is 0. The third-order valence-electron chi connectivity index (χ3n) is 4.63. The molecule has 3 aromatic carbocycles. The zero-order valence-corrected chi connectivity index (χ0v) is 19.1. The Hall–Kier alpha value is -3.16. The van der Waals surface area contributed by atoms with E-state index in [9.17, 15) is 9.18 Å². The van der Waals surface area contributed by atoms with Crippen LogP contribution in [0.1, 0.15) is 21.5 Å². The van der Waals surface area contributed by atoms with Crippen molar-refractivity contribution in [1.82, 2.24) is 9.78 Å². The molecular weight excluding hydrogens is 497 g/mol. The van der Waals surface area contributed by atoms with Gasteiger partial charge in [-0.05, 0) is 53.6 Å². The van der Waals surface area contributed by atoms with Gasteiger partial charge < -0.3 is 10.1 Å². The van der Waals surface area contributed by atoms with Gasteiger partial charge in [-0.2, -0.15) is 5.10 Å². The summed E-state index contributed by atoms with van der Waals surface area (Å²) in [6.07, 6.45) is 3.24. The number of carbonyl (C=O) groups excluding carboxylic acids is 1. The molecule has 162 valence electrons. The quantitative estimate of drug-likeness (QED) is 0.314. The highest BCUT2D eigenvalue weighted by Gasteiger charge is 2.10. The molecule has 1 N–H and O–H groups in total. The van der Waals surface area contributed by atoms with Gasteiger partial charge in [0.25, 0.3) is 5.91 Å². The molecule has 4 aromatic rings. The molecule has 5 nitrogen and oxygen atoms in total. The summed E-state index contributed by atoms with van der Waals surface area (Å²) in [4.78, 5) is 12.7.